The van der Waals surface area contributed by atoms with E-state index >= 15 is 0 Å². The Bertz CT molecular complexity index is 927. The fourth-order valence-corrected chi connectivity index (χ4v) is 3.86. The molecule has 1 aliphatic rings. The highest BCUT2D eigenvalue weighted by Gasteiger charge is 2.27. The van der Waals surface area contributed by atoms with Crippen molar-refractivity contribution < 1.29 is 13.3 Å². The number of nitrogens with zero attached hydrogens (tertiary/aromatic N) is 2. The van der Waals surface area contributed by atoms with Gasteiger partial charge in [-0.3, -0.25) is 10.1 Å². The van der Waals surface area contributed by atoms with Gasteiger partial charge in [-0.05, 0) is 42.5 Å². The van der Waals surface area contributed by atoms with Gasteiger partial charge in [-0.25, -0.2) is 13.6 Å². The maximum atomic E-state index is 11.5. The van der Waals surface area contributed by atoms with Crippen LogP contribution in [0.5, 0.6) is 0 Å². The molecule has 0 fully saturated rings. The Kier molecular flexibility index (Phi) is 4.49. The van der Waals surface area contributed by atoms with Gasteiger partial charge in [0.05, 0.1) is 9.82 Å². The van der Waals surface area contributed by atoms with Crippen LogP contribution in [0.3, 0.4) is 0 Å². The lowest BCUT2D eigenvalue weighted by Gasteiger charge is -2.33. The molecule has 0 radical (unpaired) electrons. The summed E-state index contributed by atoms with van der Waals surface area (Å²) in [6, 6.07) is 12.1. The van der Waals surface area contributed by atoms with Crippen molar-refractivity contribution in [2.75, 3.05) is 11.9 Å². The van der Waals surface area contributed by atoms with Crippen molar-refractivity contribution in [3.63, 3.8) is 0 Å². The van der Waals surface area contributed by atoms with Crippen LogP contribution in [0.4, 0.5) is 11.4 Å². The molecule has 0 amide bonds. The summed E-state index contributed by atoms with van der Waals surface area (Å²) < 4.78 is 22.9. The van der Waals surface area contributed by atoms with Gasteiger partial charge in [0, 0.05) is 19.2 Å². The van der Waals surface area contributed by atoms with E-state index in [1.165, 1.54) is 23.3 Å². The van der Waals surface area contributed by atoms with Crippen LogP contribution >= 0.6 is 0 Å². The van der Waals surface area contributed by atoms with Gasteiger partial charge < -0.3 is 4.90 Å². The van der Waals surface area contributed by atoms with Crippen molar-refractivity contribution in [3.05, 3.63) is 63.7 Å². The number of nitro benzene ring substituents is 1. The number of primary sulfonamides is 1. The van der Waals surface area contributed by atoms with Crippen molar-refractivity contribution in [1.29, 1.82) is 0 Å². The zero-order valence-electron chi connectivity index (χ0n) is 13.8. The van der Waals surface area contributed by atoms with Crippen molar-refractivity contribution in [3.8, 4) is 0 Å². The highest BCUT2D eigenvalue weighted by atomic mass is 32.2. The molecule has 0 heterocycles. The number of fused-ring (bicyclic) bond motifs is 1. The third-order valence-electron chi connectivity index (χ3n) is 4.72. The quantitative estimate of drug-likeness (QED) is 0.664. The van der Waals surface area contributed by atoms with Crippen molar-refractivity contribution in [2.24, 2.45) is 5.14 Å². The SMILES string of the molecule is CN(c1ccc(S(N)(=O)=O)cc1[N+](=O)[O-])C1CCc2ccccc2C1. The first-order chi connectivity index (χ1) is 11.8. The number of nitro groups is 1. The van der Waals surface area contributed by atoms with Gasteiger partial charge in [-0.1, -0.05) is 24.3 Å². The van der Waals surface area contributed by atoms with Crippen LogP contribution in [0.1, 0.15) is 17.5 Å². The number of nitrogens with two attached hydrogens (primary N) is 1. The van der Waals surface area contributed by atoms with Gasteiger partial charge in [0.15, 0.2) is 0 Å². The van der Waals surface area contributed by atoms with E-state index in [1.807, 2.05) is 17.0 Å². The molecule has 1 unspecified atom stereocenters. The van der Waals surface area contributed by atoms with Gasteiger partial charge >= 0.3 is 0 Å². The minimum absolute atomic E-state index is 0.105. The monoisotopic (exact) mass is 361 g/mol. The second-order valence-corrected chi connectivity index (χ2v) is 7.79. The number of hydrogen-bond acceptors (Lipinski definition) is 5. The maximum absolute atomic E-state index is 11.5. The summed E-state index contributed by atoms with van der Waals surface area (Å²) in [6.07, 6.45) is 2.58. The van der Waals surface area contributed by atoms with Crippen LogP contribution in [0.25, 0.3) is 0 Å². The highest BCUT2D eigenvalue weighted by molar-refractivity contribution is 7.89. The summed E-state index contributed by atoms with van der Waals surface area (Å²) in [5.74, 6) is 0. The topological polar surface area (TPSA) is 107 Å². The second kappa shape index (κ2) is 6.45. The number of likely N-dealkylation sites (N-methyl/N-ethyl adjacent to an activating group) is 1. The van der Waals surface area contributed by atoms with Crippen LogP contribution in [-0.4, -0.2) is 26.4 Å². The van der Waals surface area contributed by atoms with Crippen LogP contribution in [0, 0.1) is 10.1 Å². The molecule has 2 N–H and O–H groups in total. The Labute approximate surface area is 146 Å². The lowest BCUT2D eigenvalue weighted by molar-refractivity contribution is -0.384. The molecule has 0 bridgehead atoms. The predicted molar refractivity (Wildman–Crippen MR) is 95.1 cm³/mol. The van der Waals surface area contributed by atoms with Crippen molar-refractivity contribution in [1.82, 2.24) is 0 Å². The molecule has 25 heavy (non-hydrogen) atoms. The molecule has 1 atom stereocenters. The number of sulfonamides is 1. The Morgan fingerprint density at radius 3 is 2.52 bits per heavy atom. The third-order valence-corrected chi connectivity index (χ3v) is 5.63. The number of benzene rings is 2. The molecule has 3 rings (SSSR count). The summed E-state index contributed by atoms with van der Waals surface area (Å²) in [5.41, 5.74) is 2.69. The smallest absolute Gasteiger partial charge is 0.293 e. The maximum Gasteiger partial charge on any atom is 0.293 e. The summed E-state index contributed by atoms with van der Waals surface area (Å²) in [6.45, 7) is 0. The number of anilines is 1. The van der Waals surface area contributed by atoms with E-state index in [0.717, 1.165) is 25.3 Å². The normalized spacial score (nSPS) is 17.0. The van der Waals surface area contributed by atoms with Crippen LogP contribution in [0.15, 0.2) is 47.4 Å². The van der Waals surface area contributed by atoms with Crippen LogP contribution < -0.4 is 10.0 Å². The van der Waals surface area contributed by atoms with E-state index in [2.05, 4.69) is 12.1 Å². The Balaban J connectivity index is 1.95. The minimum atomic E-state index is -3.99. The molecule has 0 saturated carbocycles. The number of aryl methyl sites for hydroxylation is 1. The van der Waals surface area contributed by atoms with E-state index in [0.29, 0.717) is 5.69 Å². The molecule has 0 aromatic heterocycles. The van der Waals surface area contributed by atoms with Crippen molar-refractivity contribution >= 4 is 21.4 Å². The molecular formula is C17H19N3O4S. The summed E-state index contributed by atoms with van der Waals surface area (Å²) in [4.78, 5) is 12.5. The van der Waals surface area contributed by atoms with Gasteiger partial charge in [0.2, 0.25) is 10.0 Å². The Hall–Kier alpha value is -2.45. The first-order valence-corrected chi connectivity index (χ1v) is 9.43. The molecule has 7 nitrogen and oxygen atoms in total. The zero-order chi connectivity index (χ0) is 18.2. The molecule has 2 aromatic rings. The van der Waals surface area contributed by atoms with Gasteiger partial charge in [-0.2, -0.15) is 0 Å². The van der Waals surface area contributed by atoms with Gasteiger partial charge in [-0.15, -0.1) is 0 Å². The molecular weight excluding hydrogens is 342 g/mol. The fourth-order valence-electron chi connectivity index (χ4n) is 3.33. The predicted octanol–water partition coefficient (Wildman–Crippen LogP) is 2.24. The molecule has 1 aliphatic carbocycles. The lowest BCUT2D eigenvalue weighted by atomic mass is 9.87. The van der Waals surface area contributed by atoms with E-state index < -0.39 is 14.9 Å². The minimum Gasteiger partial charge on any atom is -0.366 e. The van der Waals surface area contributed by atoms with E-state index in [-0.39, 0.29) is 16.6 Å². The Morgan fingerprint density at radius 1 is 1.20 bits per heavy atom. The standard InChI is InChI=1S/C17H19N3O4S/c1-19(14-7-6-12-4-2-3-5-13(12)10-14)16-9-8-15(25(18,23)24)11-17(16)20(21)22/h2-5,8-9,11,14H,6-7,10H2,1H3,(H2,18,23,24). The average molecular weight is 361 g/mol. The zero-order valence-corrected chi connectivity index (χ0v) is 14.6. The third kappa shape index (κ3) is 3.49. The van der Waals surface area contributed by atoms with E-state index in [1.54, 1.807) is 7.05 Å². The largest absolute Gasteiger partial charge is 0.366 e. The van der Waals surface area contributed by atoms with Crippen LogP contribution in [0.2, 0.25) is 0 Å². The first kappa shape index (κ1) is 17.4. The summed E-state index contributed by atoms with van der Waals surface area (Å²) in [7, 11) is -2.19. The lowest BCUT2D eigenvalue weighted by Crippen LogP contribution is -2.36. The highest BCUT2D eigenvalue weighted by Crippen LogP contribution is 2.34. The van der Waals surface area contributed by atoms with Crippen molar-refractivity contribution in [2.45, 2.75) is 30.2 Å². The molecule has 132 valence electrons. The molecule has 8 heteroatoms. The summed E-state index contributed by atoms with van der Waals surface area (Å²) >= 11 is 0. The molecule has 0 saturated heterocycles. The second-order valence-electron chi connectivity index (χ2n) is 6.23. The number of hydrogen-bond donors (Lipinski definition) is 1. The van der Waals surface area contributed by atoms with Gasteiger partial charge in [0.25, 0.3) is 5.69 Å². The van der Waals surface area contributed by atoms with Crippen LogP contribution in [-0.2, 0) is 22.9 Å². The molecule has 2 aromatic carbocycles. The average Bonchev–Trinajstić information content (AvgIpc) is 2.59. The molecule has 0 aliphatic heterocycles. The number of rotatable bonds is 4. The summed E-state index contributed by atoms with van der Waals surface area (Å²) in [5, 5.41) is 16.5. The first-order valence-electron chi connectivity index (χ1n) is 7.88. The Morgan fingerprint density at radius 2 is 1.88 bits per heavy atom. The van der Waals surface area contributed by atoms with Gasteiger partial charge in [0.1, 0.15) is 5.69 Å². The molecule has 0 spiro atoms. The fraction of sp³-hybridized carbons (Fsp3) is 0.294. The van der Waals surface area contributed by atoms with E-state index in [4.69, 9.17) is 5.14 Å². The van der Waals surface area contributed by atoms with E-state index in [9.17, 15) is 18.5 Å².